The van der Waals surface area contributed by atoms with Gasteiger partial charge in [-0.15, -0.1) is 0 Å². The number of H-pyrrole nitrogens is 1. The first kappa shape index (κ1) is 10.5. The largest absolute Gasteiger partial charge is 0.468 e. The van der Waals surface area contributed by atoms with E-state index in [0.29, 0.717) is 10.9 Å². The molecule has 0 radical (unpaired) electrons. The third-order valence-corrected chi connectivity index (χ3v) is 3.31. The lowest BCUT2D eigenvalue weighted by atomic mass is 10.5. The van der Waals surface area contributed by atoms with Gasteiger partial charge < -0.3 is 4.74 Å². The number of hydrogen-bond donors (Lipinski definition) is 1. The van der Waals surface area contributed by atoms with Crippen LogP contribution in [-0.4, -0.2) is 38.8 Å². The third kappa shape index (κ3) is 3.35. The standard InChI is InChI=1S/C6H8BrN3O2S/c1-12-5(11)4(7)2-13-6-8-3-9-10-6/h3-4H,2H2,1H3,(H,8,9,10). The summed E-state index contributed by atoms with van der Waals surface area (Å²) in [5.41, 5.74) is 0. The Morgan fingerprint density at radius 1 is 1.92 bits per heavy atom. The van der Waals surface area contributed by atoms with Crippen molar-refractivity contribution in [3.05, 3.63) is 6.33 Å². The molecule has 1 N–H and O–H groups in total. The number of carbonyl (C=O) groups excluding carboxylic acids is 1. The molecule has 0 bridgehead atoms. The van der Waals surface area contributed by atoms with Crippen molar-refractivity contribution in [2.24, 2.45) is 0 Å². The van der Waals surface area contributed by atoms with Gasteiger partial charge >= 0.3 is 5.97 Å². The number of nitrogens with zero attached hydrogens (tertiary/aromatic N) is 2. The molecule has 1 heterocycles. The summed E-state index contributed by atoms with van der Waals surface area (Å²) in [6.07, 6.45) is 1.42. The van der Waals surface area contributed by atoms with Crippen LogP contribution in [0.5, 0.6) is 0 Å². The summed E-state index contributed by atoms with van der Waals surface area (Å²) in [6, 6.07) is 0. The lowest BCUT2D eigenvalue weighted by Gasteiger charge is -2.04. The number of aromatic amines is 1. The van der Waals surface area contributed by atoms with E-state index in [-0.39, 0.29) is 10.8 Å². The van der Waals surface area contributed by atoms with E-state index < -0.39 is 0 Å². The predicted octanol–water partition coefficient (Wildman–Crippen LogP) is 0.833. The molecule has 0 fully saturated rings. The Balaban J connectivity index is 2.30. The van der Waals surface area contributed by atoms with E-state index in [0.717, 1.165) is 0 Å². The molecule has 1 aromatic rings. The lowest BCUT2D eigenvalue weighted by Crippen LogP contribution is -2.17. The molecule has 0 saturated carbocycles. The van der Waals surface area contributed by atoms with Gasteiger partial charge in [-0.1, -0.05) is 27.7 Å². The molecule has 0 aliphatic rings. The maximum atomic E-state index is 10.9. The number of aromatic nitrogens is 3. The highest BCUT2D eigenvalue weighted by Crippen LogP contribution is 2.16. The highest BCUT2D eigenvalue weighted by atomic mass is 79.9. The Morgan fingerprint density at radius 3 is 3.23 bits per heavy atom. The van der Waals surface area contributed by atoms with Crippen molar-refractivity contribution in [2.45, 2.75) is 9.98 Å². The molecule has 5 nitrogen and oxygen atoms in total. The van der Waals surface area contributed by atoms with E-state index in [1.807, 2.05) is 0 Å². The summed E-state index contributed by atoms with van der Waals surface area (Å²) in [4.78, 5) is 14.5. The van der Waals surface area contributed by atoms with Crippen LogP contribution < -0.4 is 0 Å². The molecular weight excluding hydrogens is 258 g/mol. The van der Waals surface area contributed by atoms with Gasteiger partial charge in [-0.25, -0.2) is 4.98 Å². The van der Waals surface area contributed by atoms with Crippen LogP contribution in [0.1, 0.15) is 0 Å². The smallest absolute Gasteiger partial charge is 0.320 e. The van der Waals surface area contributed by atoms with E-state index in [4.69, 9.17) is 0 Å². The van der Waals surface area contributed by atoms with Gasteiger partial charge in [0.25, 0.3) is 0 Å². The van der Waals surface area contributed by atoms with Gasteiger partial charge in [-0.2, -0.15) is 5.10 Å². The van der Waals surface area contributed by atoms with Gasteiger partial charge in [0.05, 0.1) is 7.11 Å². The molecule has 1 aromatic heterocycles. The lowest BCUT2D eigenvalue weighted by molar-refractivity contribution is -0.139. The van der Waals surface area contributed by atoms with Crippen LogP contribution in [0.2, 0.25) is 0 Å². The monoisotopic (exact) mass is 265 g/mol. The summed E-state index contributed by atoms with van der Waals surface area (Å²) in [7, 11) is 1.36. The first-order valence-electron chi connectivity index (χ1n) is 3.44. The molecule has 0 aromatic carbocycles. The minimum absolute atomic E-state index is 0.285. The number of ether oxygens (including phenoxy) is 1. The minimum atomic E-state index is -0.312. The fraction of sp³-hybridized carbons (Fsp3) is 0.500. The molecule has 0 spiro atoms. The van der Waals surface area contributed by atoms with Crippen LogP contribution in [-0.2, 0) is 9.53 Å². The second kappa shape index (κ2) is 5.23. The molecule has 7 heteroatoms. The Kier molecular flexibility index (Phi) is 4.23. The number of carbonyl (C=O) groups is 1. The molecule has 1 rings (SSSR count). The van der Waals surface area contributed by atoms with Gasteiger partial charge in [0.1, 0.15) is 11.2 Å². The number of nitrogens with one attached hydrogen (secondary N) is 1. The average Bonchev–Trinajstić information content (AvgIpc) is 2.65. The molecule has 1 atom stereocenters. The summed E-state index contributed by atoms with van der Waals surface area (Å²) in [5.74, 6) is 0.272. The fourth-order valence-corrected chi connectivity index (χ4v) is 1.87. The van der Waals surface area contributed by atoms with Crippen LogP contribution in [0, 0.1) is 0 Å². The van der Waals surface area contributed by atoms with E-state index in [9.17, 15) is 4.79 Å². The topological polar surface area (TPSA) is 67.9 Å². The molecule has 0 amide bonds. The van der Waals surface area contributed by atoms with Crippen molar-refractivity contribution >= 4 is 33.7 Å². The normalized spacial score (nSPS) is 12.5. The Labute approximate surface area is 87.8 Å². The summed E-state index contributed by atoms with van der Waals surface area (Å²) in [5, 5.41) is 7.04. The van der Waals surface area contributed by atoms with Crippen molar-refractivity contribution < 1.29 is 9.53 Å². The van der Waals surface area contributed by atoms with Gasteiger partial charge in [-0.3, -0.25) is 9.89 Å². The van der Waals surface area contributed by atoms with Crippen molar-refractivity contribution in [2.75, 3.05) is 12.9 Å². The number of esters is 1. The van der Waals surface area contributed by atoms with E-state index >= 15 is 0 Å². The zero-order chi connectivity index (χ0) is 9.68. The number of methoxy groups -OCH3 is 1. The van der Waals surface area contributed by atoms with Gasteiger partial charge in [0.2, 0.25) is 0 Å². The number of rotatable bonds is 4. The second-order valence-corrected chi connectivity index (χ2v) is 4.21. The van der Waals surface area contributed by atoms with E-state index in [1.165, 1.54) is 25.2 Å². The summed E-state index contributed by atoms with van der Waals surface area (Å²) in [6.45, 7) is 0. The zero-order valence-electron chi connectivity index (χ0n) is 6.86. The van der Waals surface area contributed by atoms with Crippen LogP contribution in [0.4, 0.5) is 0 Å². The predicted molar refractivity (Wildman–Crippen MR) is 51.8 cm³/mol. The molecular formula is C6H8BrN3O2S. The van der Waals surface area contributed by atoms with Gasteiger partial charge in [0, 0.05) is 5.75 Å². The molecule has 0 saturated heterocycles. The maximum absolute atomic E-state index is 10.9. The average molecular weight is 266 g/mol. The maximum Gasteiger partial charge on any atom is 0.320 e. The molecule has 0 aliphatic carbocycles. The van der Waals surface area contributed by atoms with Crippen molar-refractivity contribution in [1.82, 2.24) is 15.2 Å². The quantitative estimate of drug-likeness (QED) is 0.496. The van der Waals surface area contributed by atoms with E-state index in [2.05, 4.69) is 35.8 Å². The zero-order valence-corrected chi connectivity index (χ0v) is 9.26. The Bertz CT molecular complexity index is 267. The third-order valence-electron chi connectivity index (χ3n) is 1.22. The van der Waals surface area contributed by atoms with Crippen molar-refractivity contribution in [3.63, 3.8) is 0 Å². The number of alkyl halides is 1. The van der Waals surface area contributed by atoms with Crippen molar-refractivity contribution in [1.29, 1.82) is 0 Å². The Morgan fingerprint density at radius 2 is 2.69 bits per heavy atom. The second-order valence-electron chi connectivity index (χ2n) is 2.09. The fourth-order valence-electron chi connectivity index (χ4n) is 0.612. The van der Waals surface area contributed by atoms with Gasteiger partial charge in [0.15, 0.2) is 5.16 Å². The van der Waals surface area contributed by atoms with E-state index in [1.54, 1.807) is 0 Å². The molecule has 0 aliphatic heterocycles. The highest BCUT2D eigenvalue weighted by molar-refractivity contribution is 9.10. The summed E-state index contributed by atoms with van der Waals surface area (Å²) < 4.78 is 4.54. The highest BCUT2D eigenvalue weighted by Gasteiger charge is 2.15. The van der Waals surface area contributed by atoms with Crippen LogP contribution in [0.25, 0.3) is 0 Å². The molecule has 1 unspecified atom stereocenters. The van der Waals surface area contributed by atoms with Crippen LogP contribution in [0.3, 0.4) is 0 Å². The first-order chi connectivity index (χ1) is 6.24. The Hall–Kier alpha value is -0.560. The SMILES string of the molecule is COC(=O)C(Br)CSc1ncn[nH]1. The minimum Gasteiger partial charge on any atom is -0.468 e. The number of hydrogen-bond acceptors (Lipinski definition) is 5. The summed E-state index contributed by atoms with van der Waals surface area (Å²) >= 11 is 4.59. The van der Waals surface area contributed by atoms with Gasteiger partial charge in [-0.05, 0) is 0 Å². The van der Waals surface area contributed by atoms with Crippen LogP contribution in [0.15, 0.2) is 11.5 Å². The number of halogens is 1. The number of thioether (sulfide) groups is 1. The molecule has 72 valence electrons. The van der Waals surface area contributed by atoms with Crippen LogP contribution >= 0.6 is 27.7 Å². The molecule has 13 heavy (non-hydrogen) atoms. The van der Waals surface area contributed by atoms with Crippen molar-refractivity contribution in [3.8, 4) is 0 Å². The first-order valence-corrected chi connectivity index (χ1v) is 5.34.